The number of aryl methyl sites for hydroxylation is 1. The number of methoxy groups -OCH3 is 1. The number of hydrazone groups is 1. The third-order valence-corrected chi connectivity index (χ3v) is 3.75. The van der Waals surface area contributed by atoms with Crippen LogP contribution < -0.4 is 10.2 Å². The highest BCUT2D eigenvalue weighted by atomic mass is 35.5. The molecule has 0 aliphatic rings. The smallest absolute Gasteiger partial charge is 0.275 e. The second kappa shape index (κ2) is 7.79. The summed E-state index contributed by atoms with van der Waals surface area (Å²) in [5.74, 6) is 0.0842. The van der Waals surface area contributed by atoms with Gasteiger partial charge in [-0.1, -0.05) is 42.8 Å². The number of nitrogens with one attached hydrogen (secondary N) is 1. The van der Waals surface area contributed by atoms with Gasteiger partial charge in [-0.2, -0.15) is 5.10 Å². The van der Waals surface area contributed by atoms with E-state index in [1.165, 1.54) is 12.7 Å². The topological polar surface area (TPSA) is 50.7 Å². The minimum Gasteiger partial charge on any atom is -0.496 e. The van der Waals surface area contributed by atoms with E-state index in [2.05, 4.69) is 29.6 Å². The molecular weight excluding hydrogens is 312 g/mol. The van der Waals surface area contributed by atoms with Crippen molar-refractivity contribution in [1.82, 2.24) is 5.43 Å². The number of hydrogen-bond acceptors (Lipinski definition) is 3. The molecule has 0 heterocycles. The van der Waals surface area contributed by atoms with Crippen molar-refractivity contribution in [2.45, 2.75) is 20.3 Å². The van der Waals surface area contributed by atoms with E-state index in [1.54, 1.807) is 18.2 Å². The van der Waals surface area contributed by atoms with Gasteiger partial charge in [0.15, 0.2) is 0 Å². The average molecular weight is 331 g/mol. The molecule has 2 aromatic rings. The van der Waals surface area contributed by atoms with Gasteiger partial charge in [-0.25, -0.2) is 5.43 Å². The van der Waals surface area contributed by atoms with Crippen LogP contribution in [0.3, 0.4) is 0 Å². The van der Waals surface area contributed by atoms with Crippen LogP contribution in [0, 0.1) is 0 Å². The predicted molar refractivity (Wildman–Crippen MR) is 93.5 cm³/mol. The molecule has 0 spiro atoms. The van der Waals surface area contributed by atoms with Crippen LogP contribution in [0.4, 0.5) is 0 Å². The Labute approximate surface area is 141 Å². The first-order valence-electron chi connectivity index (χ1n) is 7.32. The highest BCUT2D eigenvalue weighted by Gasteiger charge is 2.12. The Morgan fingerprint density at radius 2 is 1.91 bits per heavy atom. The fraction of sp³-hybridized carbons (Fsp3) is 0.222. The summed E-state index contributed by atoms with van der Waals surface area (Å²) in [6, 6.07) is 13.0. The van der Waals surface area contributed by atoms with E-state index in [-0.39, 0.29) is 5.91 Å². The van der Waals surface area contributed by atoms with E-state index < -0.39 is 0 Å². The Kier molecular flexibility index (Phi) is 5.77. The van der Waals surface area contributed by atoms with Crippen LogP contribution in [0.2, 0.25) is 5.02 Å². The van der Waals surface area contributed by atoms with Gasteiger partial charge < -0.3 is 4.74 Å². The molecular formula is C18H19ClN2O2. The van der Waals surface area contributed by atoms with Crippen LogP contribution in [0.1, 0.15) is 35.3 Å². The van der Waals surface area contributed by atoms with Crippen LogP contribution in [-0.2, 0) is 6.42 Å². The molecule has 2 rings (SSSR count). The highest BCUT2D eigenvalue weighted by molar-refractivity contribution is 6.31. The monoisotopic (exact) mass is 330 g/mol. The van der Waals surface area contributed by atoms with Crippen molar-refractivity contribution >= 4 is 23.2 Å². The van der Waals surface area contributed by atoms with Gasteiger partial charge in [-0.3, -0.25) is 4.79 Å². The lowest BCUT2D eigenvalue weighted by atomic mass is 10.1. The largest absolute Gasteiger partial charge is 0.496 e. The lowest BCUT2D eigenvalue weighted by molar-refractivity contribution is 0.0952. The molecule has 1 N–H and O–H groups in total. The summed E-state index contributed by atoms with van der Waals surface area (Å²) in [7, 11) is 1.50. The van der Waals surface area contributed by atoms with Crippen LogP contribution in [0.25, 0.3) is 0 Å². The van der Waals surface area contributed by atoms with Crippen molar-refractivity contribution in [2.75, 3.05) is 7.11 Å². The molecule has 0 aromatic heterocycles. The summed E-state index contributed by atoms with van der Waals surface area (Å²) >= 11 is 5.93. The maximum atomic E-state index is 12.3. The van der Waals surface area contributed by atoms with Crippen molar-refractivity contribution < 1.29 is 9.53 Å². The first kappa shape index (κ1) is 17.0. The Hall–Kier alpha value is -2.33. The van der Waals surface area contributed by atoms with E-state index in [0.717, 1.165) is 17.7 Å². The first-order valence-corrected chi connectivity index (χ1v) is 7.70. The zero-order valence-electron chi connectivity index (χ0n) is 13.4. The molecule has 23 heavy (non-hydrogen) atoms. The van der Waals surface area contributed by atoms with Gasteiger partial charge >= 0.3 is 0 Å². The minimum absolute atomic E-state index is 0.345. The number of rotatable bonds is 5. The van der Waals surface area contributed by atoms with Gasteiger partial charge in [-0.15, -0.1) is 0 Å². The number of halogens is 1. The third kappa shape index (κ3) is 4.33. The molecule has 120 valence electrons. The summed E-state index contributed by atoms with van der Waals surface area (Å²) in [6.07, 6.45) is 0.988. The quantitative estimate of drug-likeness (QED) is 0.663. The van der Waals surface area contributed by atoms with E-state index in [1.807, 2.05) is 19.1 Å². The number of benzene rings is 2. The molecule has 5 heteroatoms. The van der Waals surface area contributed by atoms with Crippen molar-refractivity contribution in [3.8, 4) is 5.75 Å². The van der Waals surface area contributed by atoms with Crippen molar-refractivity contribution in [3.63, 3.8) is 0 Å². The molecule has 0 atom stereocenters. The number of nitrogens with zero attached hydrogens (tertiary/aromatic N) is 1. The average Bonchev–Trinajstić information content (AvgIpc) is 2.59. The lowest BCUT2D eigenvalue weighted by Gasteiger charge is -2.08. The zero-order valence-corrected chi connectivity index (χ0v) is 14.1. The number of hydrogen-bond donors (Lipinski definition) is 1. The van der Waals surface area contributed by atoms with Crippen LogP contribution >= 0.6 is 11.6 Å². The molecule has 0 saturated carbocycles. The molecule has 0 unspecified atom stereocenters. The molecule has 0 aliphatic carbocycles. The van der Waals surface area contributed by atoms with Gasteiger partial charge in [0.05, 0.1) is 18.4 Å². The van der Waals surface area contributed by atoms with Crippen molar-refractivity contribution in [2.24, 2.45) is 5.10 Å². The van der Waals surface area contributed by atoms with Gasteiger partial charge in [0.1, 0.15) is 5.75 Å². The normalized spacial score (nSPS) is 11.2. The van der Waals surface area contributed by atoms with E-state index in [9.17, 15) is 4.79 Å². The molecule has 0 radical (unpaired) electrons. The number of ether oxygens (including phenoxy) is 1. The Morgan fingerprint density at radius 3 is 2.52 bits per heavy atom. The second-order valence-corrected chi connectivity index (χ2v) is 5.47. The highest BCUT2D eigenvalue weighted by Crippen LogP contribution is 2.22. The van der Waals surface area contributed by atoms with Gasteiger partial charge in [0.25, 0.3) is 5.91 Å². The fourth-order valence-corrected chi connectivity index (χ4v) is 2.27. The number of carbonyl (C=O) groups is 1. The SMILES string of the molecule is CCc1ccc(/C(C)=N/NC(=O)c2cc(Cl)ccc2OC)cc1. The predicted octanol–water partition coefficient (Wildman–Crippen LogP) is 4.07. The molecule has 0 aliphatic heterocycles. The van der Waals surface area contributed by atoms with E-state index >= 15 is 0 Å². The van der Waals surface area contributed by atoms with Gasteiger partial charge in [0.2, 0.25) is 0 Å². The maximum Gasteiger partial charge on any atom is 0.275 e. The van der Waals surface area contributed by atoms with Crippen LogP contribution in [0.5, 0.6) is 5.75 Å². The van der Waals surface area contributed by atoms with Gasteiger partial charge in [0, 0.05) is 5.02 Å². The summed E-state index contributed by atoms with van der Waals surface area (Å²) in [6.45, 7) is 3.95. The molecule has 0 bridgehead atoms. The molecule has 2 aromatic carbocycles. The first-order chi connectivity index (χ1) is 11.0. The summed E-state index contributed by atoms with van der Waals surface area (Å²) < 4.78 is 5.17. The zero-order chi connectivity index (χ0) is 16.8. The summed E-state index contributed by atoms with van der Waals surface area (Å²) in [5, 5.41) is 4.61. The summed E-state index contributed by atoms with van der Waals surface area (Å²) in [4.78, 5) is 12.3. The standard InChI is InChI=1S/C18H19ClN2O2/c1-4-13-5-7-14(8-6-13)12(2)20-21-18(22)16-11-15(19)9-10-17(16)23-3/h5-11H,4H2,1-3H3,(H,21,22)/b20-12+. The van der Waals surface area contributed by atoms with Gasteiger partial charge in [-0.05, 0) is 42.7 Å². The van der Waals surface area contributed by atoms with E-state index in [4.69, 9.17) is 16.3 Å². The Bertz CT molecular complexity index is 724. The lowest BCUT2D eigenvalue weighted by Crippen LogP contribution is -2.20. The van der Waals surface area contributed by atoms with Crippen molar-refractivity contribution in [1.29, 1.82) is 0 Å². The third-order valence-electron chi connectivity index (χ3n) is 3.51. The number of amides is 1. The second-order valence-electron chi connectivity index (χ2n) is 5.03. The van der Waals surface area contributed by atoms with Crippen molar-refractivity contribution in [3.05, 3.63) is 64.2 Å². The summed E-state index contributed by atoms with van der Waals surface area (Å²) in [5.41, 5.74) is 5.82. The Balaban J connectivity index is 2.15. The maximum absolute atomic E-state index is 12.3. The Morgan fingerprint density at radius 1 is 1.22 bits per heavy atom. The molecule has 1 amide bonds. The minimum atomic E-state index is -0.367. The molecule has 0 saturated heterocycles. The fourth-order valence-electron chi connectivity index (χ4n) is 2.10. The van der Waals surface area contributed by atoms with Crippen LogP contribution in [0.15, 0.2) is 47.6 Å². The van der Waals surface area contributed by atoms with Crippen LogP contribution in [-0.4, -0.2) is 18.7 Å². The molecule has 4 nitrogen and oxygen atoms in total. The number of carbonyl (C=O) groups excluding carboxylic acids is 1. The van der Waals surface area contributed by atoms with E-state index in [0.29, 0.717) is 16.3 Å². The molecule has 0 fully saturated rings.